The maximum Gasteiger partial charge on any atom is 0.257 e. The Hall–Kier alpha value is -2.78. The van der Waals surface area contributed by atoms with Crippen LogP contribution >= 0.6 is 23.1 Å². The van der Waals surface area contributed by atoms with Crippen molar-refractivity contribution >= 4 is 45.7 Å². The number of nitrogens with one attached hydrogen (secondary N) is 2. The molecule has 9 heteroatoms. The standard InChI is InChI=1S/C18H15FN4O2S2/c1-11-4-2-3-5-14(11)16(25)21-17-22-23-18(27-17)26-10-15(24)20-13-8-6-12(19)7-9-13/h2-9H,10H2,1H3,(H,20,24)(H,21,22,25). The van der Waals surface area contributed by atoms with Crippen LogP contribution in [0.3, 0.4) is 0 Å². The van der Waals surface area contributed by atoms with Crippen LogP contribution in [0, 0.1) is 12.7 Å². The number of rotatable bonds is 6. The predicted molar refractivity (Wildman–Crippen MR) is 105 cm³/mol. The van der Waals surface area contributed by atoms with Crippen molar-refractivity contribution in [3.63, 3.8) is 0 Å². The molecule has 0 aliphatic rings. The Morgan fingerprint density at radius 3 is 2.56 bits per heavy atom. The van der Waals surface area contributed by atoms with E-state index in [4.69, 9.17) is 0 Å². The molecule has 0 fully saturated rings. The molecule has 3 rings (SSSR count). The average molecular weight is 402 g/mol. The predicted octanol–water partition coefficient (Wildman–Crippen LogP) is 3.97. The molecule has 0 aliphatic carbocycles. The van der Waals surface area contributed by atoms with Crippen LogP contribution in [-0.2, 0) is 4.79 Å². The Labute approximate surface area is 163 Å². The molecule has 138 valence electrons. The van der Waals surface area contributed by atoms with Gasteiger partial charge in [0.2, 0.25) is 11.0 Å². The van der Waals surface area contributed by atoms with Crippen LogP contribution in [0.2, 0.25) is 0 Å². The Bertz CT molecular complexity index is 960. The van der Waals surface area contributed by atoms with Crippen molar-refractivity contribution in [2.45, 2.75) is 11.3 Å². The summed E-state index contributed by atoms with van der Waals surface area (Å²) in [6, 6.07) is 12.8. The lowest BCUT2D eigenvalue weighted by atomic mass is 10.1. The molecule has 2 N–H and O–H groups in total. The smallest absolute Gasteiger partial charge is 0.257 e. The zero-order valence-electron chi connectivity index (χ0n) is 14.2. The molecular weight excluding hydrogens is 387 g/mol. The first-order valence-corrected chi connectivity index (χ1v) is 9.70. The average Bonchev–Trinajstić information content (AvgIpc) is 3.09. The maximum atomic E-state index is 12.9. The van der Waals surface area contributed by atoms with E-state index in [0.717, 1.165) is 5.56 Å². The monoisotopic (exact) mass is 402 g/mol. The van der Waals surface area contributed by atoms with Crippen LogP contribution in [0.5, 0.6) is 0 Å². The molecule has 2 aromatic carbocycles. The normalized spacial score (nSPS) is 10.4. The molecule has 0 unspecified atom stereocenters. The quantitative estimate of drug-likeness (QED) is 0.481. The number of anilines is 2. The second-order valence-electron chi connectivity index (χ2n) is 5.49. The molecule has 6 nitrogen and oxygen atoms in total. The summed E-state index contributed by atoms with van der Waals surface area (Å²) in [7, 11) is 0. The molecule has 3 aromatic rings. The van der Waals surface area contributed by atoms with Gasteiger partial charge in [0, 0.05) is 11.3 Å². The number of nitrogens with zero attached hydrogens (tertiary/aromatic N) is 2. The van der Waals surface area contributed by atoms with Crippen molar-refractivity contribution in [2.75, 3.05) is 16.4 Å². The Kier molecular flexibility index (Phi) is 6.15. The topological polar surface area (TPSA) is 84.0 Å². The van der Waals surface area contributed by atoms with E-state index in [-0.39, 0.29) is 23.4 Å². The van der Waals surface area contributed by atoms with Crippen molar-refractivity contribution in [1.29, 1.82) is 0 Å². The molecule has 1 heterocycles. The van der Waals surface area contributed by atoms with E-state index < -0.39 is 0 Å². The van der Waals surface area contributed by atoms with E-state index in [1.807, 2.05) is 19.1 Å². The van der Waals surface area contributed by atoms with Gasteiger partial charge in [0.25, 0.3) is 5.91 Å². The second-order valence-corrected chi connectivity index (χ2v) is 7.69. The highest BCUT2D eigenvalue weighted by Gasteiger charge is 2.13. The molecule has 1 aromatic heterocycles. The molecule has 0 saturated heterocycles. The highest BCUT2D eigenvalue weighted by atomic mass is 32.2. The number of aromatic nitrogens is 2. The molecular formula is C18H15FN4O2S2. The minimum Gasteiger partial charge on any atom is -0.325 e. The summed E-state index contributed by atoms with van der Waals surface area (Å²) >= 11 is 2.40. The van der Waals surface area contributed by atoms with Crippen molar-refractivity contribution in [2.24, 2.45) is 0 Å². The number of thioether (sulfide) groups is 1. The number of hydrogen-bond donors (Lipinski definition) is 2. The summed E-state index contributed by atoms with van der Waals surface area (Å²) in [6.07, 6.45) is 0. The molecule has 0 aliphatic heterocycles. The van der Waals surface area contributed by atoms with E-state index >= 15 is 0 Å². The minimum absolute atomic E-state index is 0.123. The van der Waals surface area contributed by atoms with E-state index in [9.17, 15) is 14.0 Å². The third kappa shape index (κ3) is 5.35. The summed E-state index contributed by atoms with van der Waals surface area (Å²) in [5, 5.41) is 13.6. The number of amides is 2. The van der Waals surface area contributed by atoms with Gasteiger partial charge in [-0.15, -0.1) is 10.2 Å². The minimum atomic E-state index is -0.364. The van der Waals surface area contributed by atoms with Gasteiger partial charge in [0.15, 0.2) is 4.34 Å². The van der Waals surface area contributed by atoms with E-state index in [0.29, 0.717) is 20.7 Å². The van der Waals surface area contributed by atoms with E-state index in [2.05, 4.69) is 20.8 Å². The summed E-state index contributed by atoms with van der Waals surface area (Å²) in [6.45, 7) is 1.86. The molecule has 27 heavy (non-hydrogen) atoms. The molecule has 2 amide bonds. The van der Waals surface area contributed by atoms with Gasteiger partial charge in [0.1, 0.15) is 5.82 Å². The third-order valence-corrected chi connectivity index (χ3v) is 5.44. The van der Waals surface area contributed by atoms with Gasteiger partial charge in [-0.1, -0.05) is 41.3 Å². The Morgan fingerprint density at radius 2 is 1.81 bits per heavy atom. The lowest BCUT2D eigenvalue weighted by molar-refractivity contribution is -0.113. The Morgan fingerprint density at radius 1 is 1.07 bits per heavy atom. The van der Waals surface area contributed by atoms with E-state index in [1.54, 1.807) is 12.1 Å². The van der Waals surface area contributed by atoms with Crippen LogP contribution in [0.25, 0.3) is 0 Å². The van der Waals surface area contributed by atoms with Crippen molar-refractivity contribution < 1.29 is 14.0 Å². The summed E-state index contributed by atoms with van der Waals surface area (Å²) < 4.78 is 13.4. The number of halogens is 1. The highest BCUT2D eigenvalue weighted by Crippen LogP contribution is 2.26. The summed E-state index contributed by atoms with van der Waals surface area (Å²) in [5.74, 6) is -0.740. The molecule has 0 atom stereocenters. The molecule has 0 radical (unpaired) electrons. The Balaban J connectivity index is 1.52. The highest BCUT2D eigenvalue weighted by molar-refractivity contribution is 8.01. The summed E-state index contributed by atoms with van der Waals surface area (Å²) in [4.78, 5) is 24.2. The fourth-order valence-electron chi connectivity index (χ4n) is 2.17. The fourth-order valence-corrected chi connectivity index (χ4v) is 3.72. The SMILES string of the molecule is Cc1ccccc1C(=O)Nc1nnc(SCC(=O)Nc2ccc(F)cc2)s1. The van der Waals surface area contributed by atoms with Crippen molar-refractivity contribution in [3.8, 4) is 0 Å². The van der Waals surface area contributed by atoms with Gasteiger partial charge in [-0.3, -0.25) is 14.9 Å². The number of hydrogen-bond acceptors (Lipinski definition) is 6. The largest absolute Gasteiger partial charge is 0.325 e. The van der Waals surface area contributed by atoms with Gasteiger partial charge in [-0.25, -0.2) is 4.39 Å². The lowest BCUT2D eigenvalue weighted by Gasteiger charge is -2.04. The zero-order chi connectivity index (χ0) is 19.2. The maximum absolute atomic E-state index is 12.9. The van der Waals surface area contributed by atoms with Crippen molar-refractivity contribution in [3.05, 3.63) is 65.5 Å². The second kappa shape index (κ2) is 8.74. The lowest BCUT2D eigenvalue weighted by Crippen LogP contribution is -2.13. The van der Waals surface area contributed by atoms with Gasteiger partial charge >= 0.3 is 0 Å². The van der Waals surface area contributed by atoms with Gasteiger partial charge < -0.3 is 5.32 Å². The van der Waals surface area contributed by atoms with Crippen LogP contribution in [0.1, 0.15) is 15.9 Å². The first-order chi connectivity index (χ1) is 13.0. The van der Waals surface area contributed by atoms with Crippen LogP contribution < -0.4 is 10.6 Å². The van der Waals surface area contributed by atoms with Crippen LogP contribution in [0.4, 0.5) is 15.2 Å². The molecule has 0 saturated carbocycles. The van der Waals surface area contributed by atoms with Crippen LogP contribution in [-0.4, -0.2) is 27.8 Å². The van der Waals surface area contributed by atoms with Crippen molar-refractivity contribution in [1.82, 2.24) is 10.2 Å². The number of benzene rings is 2. The number of carbonyl (C=O) groups excluding carboxylic acids is 2. The number of aryl methyl sites for hydroxylation is 1. The first kappa shape index (κ1) is 19.0. The zero-order valence-corrected chi connectivity index (χ0v) is 15.9. The van der Waals surface area contributed by atoms with Gasteiger partial charge in [-0.05, 0) is 42.8 Å². The molecule has 0 bridgehead atoms. The number of carbonyl (C=O) groups is 2. The van der Waals surface area contributed by atoms with Gasteiger partial charge in [0.05, 0.1) is 5.75 Å². The summed E-state index contributed by atoms with van der Waals surface area (Å²) in [5.41, 5.74) is 1.96. The van der Waals surface area contributed by atoms with Gasteiger partial charge in [-0.2, -0.15) is 0 Å². The fraction of sp³-hybridized carbons (Fsp3) is 0.111. The van der Waals surface area contributed by atoms with Crippen LogP contribution in [0.15, 0.2) is 52.9 Å². The first-order valence-electron chi connectivity index (χ1n) is 7.90. The molecule has 0 spiro atoms. The van der Waals surface area contributed by atoms with E-state index in [1.165, 1.54) is 47.4 Å². The third-order valence-electron chi connectivity index (χ3n) is 3.47.